The highest BCUT2D eigenvalue weighted by atomic mass is 79.9. The maximum Gasteiger partial charge on any atom is 0.0593 e. The first-order chi connectivity index (χ1) is 7.65. The topological polar surface area (TPSA) is 24.9 Å². The average Bonchev–Trinajstić information content (AvgIpc) is 2.20. The summed E-state index contributed by atoms with van der Waals surface area (Å²) in [4.78, 5) is 4.03. The molecule has 82 valence electrons. The van der Waals surface area contributed by atoms with Crippen LogP contribution in [0.1, 0.15) is 5.56 Å². The summed E-state index contributed by atoms with van der Waals surface area (Å²) >= 11 is 6.93. The van der Waals surface area contributed by atoms with Crippen LogP contribution in [0.3, 0.4) is 0 Å². The average molecular weight is 342 g/mol. The number of hydrogen-bond acceptors (Lipinski definition) is 2. The van der Waals surface area contributed by atoms with Crippen molar-refractivity contribution < 1.29 is 0 Å². The summed E-state index contributed by atoms with van der Waals surface area (Å²) in [5.74, 6) is 0. The summed E-state index contributed by atoms with van der Waals surface area (Å²) in [6.45, 7) is 2.07. The van der Waals surface area contributed by atoms with Gasteiger partial charge in [0, 0.05) is 22.6 Å². The molecule has 0 atom stereocenters. The Morgan fingerprint density at radius 2 is 2.00 bits per heavy atom. The zero-order valence-corrected chi connectivity index (χ0v) is 11.8. The summed E-state index contributed by atoms with van der Waals surface area (Å²) in [5, 5.41) is 3.34. The van der Waals surface area contributed by atoms with E-state index in [2.05, 4.69) is 61.2 Å². The molecule has 0 bridgehead atoms. The molecule has 0 radical (unpaired) electrons. The van der Waals surface area contributed by atoms with Crippen LogP contribution in [0.5, 0.6) is 0 Å². The quantitative estimate of drug-likeness (QED) is 0.859. The number of halogens is 2. The van der Waals surface area contributed by atoms with E-state index in [1.807, 2.05) is 12.1 Å². The Hall–Kier alpha value is -0.870. The fourth-order valence-corrected chi connectivity index (χ4v) is 2.40. The van der Waals surface area contributed by atoms with Crippen molar-refractivity contribution in [1.29, 1.82) is 0 Å². The number of hydrogen-bond donors (Lipinski definition) is 1. The van der Waals surface area contributed by atoms with Crippen LogP contribution in [0, 0.1) is 6.92 Å². The lowest BCUT2D eigenvalue weighted by atomic mass is 10.2. The fraction of sp³-hybridized carbons (Fsp3) is 0.0833. The van der Waals surface area contributed by atoms with Crippen molar-refractivity contribution in [3.8, 4) is 0 Å². The van der Waals surface area contributed by atoms with E-state index >= 15 is 0 Å². The van der Waals surface area contributed by atoms with E-state index in [0.717, 1.165) is 20.3 Å². The zero-order chi connectivity index (χ0) is 11.5. The van der Waals surface area contributed by atoms with E-state index < -0.39 is 0 Å². The molecular formula is C12H10Br2N2. The van der Waals surface area contributed by atoms with E-state index in [-0.39, 0.29) is 0 Å². The molecular weight excluding hydrogens is 332 g/mol. The lowest BCUT2D eigenvalue weighted by Gasteiger charge is -2.09. The van der Waals surface area contributed by atoms with Crippen LogP contribution in [0.2, 0.25) is 0 Å². The molecule has 2 aromatic rings. The number of benzene rings is 1. The van der Waals surface area contributed by atoms with Gasteiger partial charge in [0.1, 0.15) is 0 Å². The van der Waals surface area contributed by atoms with Gasteiger partial charge in [0.2, 0.25) is 0 Å². The molecule has 1 N–H and O–H groups in total. The molecule has 16 heavy (non-hydrogen) atoms. The van der Waals surface area contributed by atoms with Crippen LogP contribution in [-0.4, -0.2) is 4.98 Å². The van der Waals surface area contributed by atoms with Crippen molar-refractivity contribution in [2.75, 3.05) is 5.32 Å². The highest BCUT2D eigenvalue weighted by Crippen LogP contribution is 2.26. The van der Waals surface area contributed by atoms with Crippen molar-refractivity contribution in [3.05, 3.63) is 51.2 Å². The second-order valence-electron chi connectivity index (χ2n) is 3.50. The van der Waals surface area contributed by atoms with Gasteiger partial charge in [-0.25, -0.2) is 0 Å². The van der Waals surface area contributed by atoms with Gasteiger partial charge in [-0.3, -0.25) is 4.98 Å². The van der Waals surface area contributed by atoms with Gasteiger partial charge in [0.15, 0.2) is 0 Å². The zero-order valence-electron chi connectivity index (χ0n) is 8.67. The number of pyridine rings is 1. The fourth-order valence-electron chi connectivity index (χ4n) is 1.44. The third kappa shape index (κ3) is 2.83. The van der Waals surface area contributed by atoms with Crippen molar-refractivity contribution >= 4 is 43.2 Å². The molecule has 1 aromatic heterocycles. The first-order valence-electron chi connectivity index (χ1n) is 4.79. The Morgan fingerprint density at radius 1 is 1.19 bits per heavy atom. The molecule has 0 spiro atoms. The third-order valence-electron chi connectivity index (χ3n) is 2.09. The van der Waals surface area contributed by atoms with Crippen LogP contribution in [0.15, 0.2) is 45.6 Å². The Labute approximate surface area is 111 Å². The molecule has 0 fully saturated rings. The molecule has 4 heteroatoms. The van der Waals surface area contributed by atoms with E-state index in [1.165, 1.54) is 5.56 Å². The molecule has 0 amide bonds. The number of nitrogens with one attached hydrogen (secondary N) is 1. The number of rotatable bonds is 2. The Kier molecular flexibility index (Phi) is 3.61. The maximum atomic E-state index is 4.03. The number of aromatic nitrogens is 1. The SMILES string of the molecule is Cc1cc(Br)cc(Nc2ccncc2Br)c1. The summed E-state index contributed by atoms with van der Waals surface area (Å²) < 4.78 is 2.02. The van der Waals surface area contributed by atoms with Crippen molar-refractivity contribution in [3.63, 3.8) is 0 Å². The van der Waals surface area contributed by atoms with Crippen LogP contribution in [-0.2, 0) is 0 Å². The molecule has 0 aliphatic rings. The van der Waals surface area contributed by atoms with Gasteiger partial charge >= 0.3 is 0 Å². The van der Waals surface area contributed by atoms with E-state index in [0.29, 0.717) is 0 Å². The Balaban J connectivity index is 2.30. The van der Waals surface area contributed by atoms with Crippen molar-refractivity contribution in [2.45, 2.75) is 6.92 Å². The molecule has 2 rings (SSSR count). The largest absolute Gasteiger partial charge is 0.354 e. The van der Waals surface area contributed by atoms with Crippen molar-refractivity contribution in [2.24, 2.45) is 0 Å². The highest BCUT2D eigenvalue weighted by molar-refractivity contribution is 9.10. The van der Waals surface area contributed by atoms with Crippen LogP contribution < -0.4 is 5.32 Å². The smallest absolute Gasteiger partial charge is 0.0593 e. The monoisotopic (exact) mass is 340 g/mol. The van der Waals surface area contributed by atoms with Gasteiger partial charge in [-0.05, 0) is 52.7 Å². The minimum Gasteiger partial charge on any atom is -0.354 e. The highest BCUT2D eigenvalue weighted by Gasteiger charge is 2.01. The van der Waals surface area contributed by atoms with Gasteiger partial charge in [-0.1, -0.05) is 15.9 Å². The first-order valence-corrected chi connectivity index (χ1v) is 6.37. The Morgan fingerprint density at radius 3 is 2.69 bits per heavy atom. The second-order valence-corrected chi connectivity index (χ2v) is 5.27. The van der Waals surface area contributed by atoms with Gasteiger partial charge in [0.25, 0.3) is 0 Å². The predicted molar refractivity (Wildman–Crippen MR) is 74.1 cm³/mol. The number of anilines is 2. The predicted octanol–water partition coefficient (Wildman–Crippen LogP) is 4.66. The first kappa shape index (κ1) is 11.6. The summed E-state index contributed by atoms with van der Waals surface area (Å²) in [7, 11) is 0. The normalized spacial score (nSPS) is 10.2. The van der Waals surface area contributed by atoms with Crippen molar-refractivity contribution in [1.82, 2.24) is 4.98 Å². The summed E-state index contributed by atoms with van der Waals surface area (Å²) in [5.41, 5.74) is 3.27. The second kappa shape index (κ2) is 4.97. The molecule has 0 saturated carbocycles. The molecule has 0 aliphatic heterocycles. The third-order valence-corrected chi connectivity index (χ3v) is 3.18. The molecule has 0 saturated heterocycles. The summed E-state index contributed by atoms with van der Waals surface area (Å²) in [6.07, 6.45) is 3.53. The van der Waals surface area contributed by atoms with E-state index in [4.69, 9.17) is 0 Å². The van der Waals surface area contributed by atoms with E-state index in [1.54, 1.807) is 12.4 Å². The molecule has 1 heterocycles. The minimum atomic E-state index is 0.952. The van der Waals surface area contributed by atoms with Crippen LogP contribution in [0.25, 0.3) is 0 Å². The summed E-state index contributed by atoms with van der Waals surface area (Å²) in [6, 6.07) is 8.14. The number of aryl methyl sites for hydroxylation is 1. The molecule has 0 unspecified atom stereocenters. The standard InChI is InChI=1S/C12H10Br2N2/c1-8-4-9(13)6-10(5-8)16-12-2-3-15-7-11(12)14/h2-7H,1H3,(H,15,16). The van der Waals surface area contributed by atoms with Gasteiger partial charge < -0.3 is 5.32 Å². The molecule has 2 nitrogen and oxygen atoms in total. The van der Waals surface area contributed by atoms with Crippen LogP contribution in [0.4, 0.5) is 11.4 Å². The van der Waals surface area contributed by atoms with Gasteiger partial charge in [0.05, 0.1) is 10.2 Å². The lowest BCUT2D eigenvalue weighted by Crippen LogP contribution is -1.92. The van der Waals surface area contributed by atoms with E-state index in [9.17, 15) is 0 Å². The minimum absolute atomic E-state index is 0.952. The number of nitrogens with zero attached hydrogens (tertiary/aromatic N) is 1. The van der Waals surface area contributed by atoms with Gasteiger partial charge in [-0.15, -0.1) is 0 Å². The lowest BCUT2D eigenvalue weighted by molar-refractivity contribution is 1.30. The Bertz CT molecular complexity index is 492. The molecule has 1 aromatic carbocycles. The van der Waals surface area contributed by atoms with Crippen LogP contribution >= 0.6 is 31.9 Å². The molecule has 0 aliphatic carbocycles. The maximum absolute atomic E-state index is 4.03. The van der Waals surface area contributed by atoms with Gasteiger partial charge in [-0.2, -0.15) is 0 Å².